The van der Waals surface area contributed by atoms with E-state index < -0.39 is 0 Å². The highest BCUT2D eigenvalue weighted by Crippen LogP contribution is 2.32. The highest BCUT2D eigenvalue weighted by atomic mass is 79.9. The molecule has 4 aromatic rings. The summed E-state index contributed by atoms with van der Waals surface area (Å²) in [5, 5.41) is 9.35. The summed E-state index contributed by atoms with van der Waals surface area (Å²) in [6.45, 7) is -0.0171. The minimum Gasteiger partial charge on any atom is -0.483 e. The van der Waals surface area contributed by atoms with E-state index in [4.69, 9.17) is 20.9 Å². The van der Waals surface area contributed by atoms with E-state index in [2.05, 4.69) is 31.4 Å². The van der Waals surface area contributed by atoms with Gasteiger partial charge in [0.1, 0.15) is 5.75 Å². The second kappa shape index (κ2) is 8.63. The predicted molar refractivity (Wildman–Crippen MR) is 114 cm³/mol. The molecule has 0 saturated heterocycles. The smallest absolute Gasteiger partial charge is 0.258 e. The van der Waals surface area contributed by atoms with Crippen LogP contribution in [0.2, 0.25) is 5.02 Å². The molecule has 146 valence electrons. The standard InChI is InChI=1S/C21H15BrClN3O3/c22-20-16-4-2-1-3-13(16)7-10-17(20)28-12-18(27)24-11-19-25-21(26-29-19)14-5-8-15(23)9-6-14/h1-10H,11-12H2,(H,24,27). The molecule has 4 rings (SSSR count). The lowest BCUT2D eigenvalue weighted by Crippen LogP contribution is -2.28. The number of aromatic nitrogens is 2. The molecule has 1 aromatic heterocycles. The van der Waals surface area contributed by atoms with Crippen LogP contribution in [0, 0.1) is 0 Å². The number of amides is 1. The molecule has 0 aliphatic rings. The molecule has 3 aromatic carbocycles. The first kappa shape index (κ1) is 19.4. The number of halogens is 2. The molecule has 0 aliphatic carbocycles. The number of ether oxygens (including phenoxy) is 1. The molecular weight excluding hydrogens is 458 g/mol. The summed E-state index contributed by atoms with van der Waals surface area (Å²) in [5.74, 6) is 1.04. The lowest BCUT2D eigenvalue weighted by Gasteiger charge is -2.10. The summed E-state index contributed by atoms with van der Waals surface area (Å²) in [5.41, 5.74) is 0.778. The highest BCUT2D eigenvalue weighted by Gasteiger charge is 2.12. The molecule has 0 unspecified atom stereocenters. The average Bonchev–Trinajstić information content (AvgIpc) is 3.21. The van der Waals surface area contributed by atoms with Gasteiger partial charge in [-0.25, -0.2) is 0 Å². The minimum absolute atomic E-state index is 0.113. The maximum absolute atomic E-state index is 12.1. The van der Waals surface area contributed by atoms with Crippen molar-refractivity contribution in [2.24, 2.45) is 0 Å². The Kier molecular flexibility index (Phi) is 5.78. The maximum atomic E-state index is 12.1. The van der Waals surface area contributed by atoms with Crippen molar-refractivity contribution in [3.8, 4) is 17.1 Å². The molecule has 1 amide bonds. The van der Waals surface area contributed by atoms with Gasteiger partial charge in [0.2, 0.25) is 11.7 Å². The van der Waals surface area contributed by atoms with Gasteiger partial charge in [-0.3, -0.25) is 4.79 Å². The monoisotopic (exact) mass is 471 g/mol. The fraction of sp³-hybridized carbons (Fsp3) is 0.0952. The van der Waals surface area contributed by atoms with Crippen molar-refractivity contribution in [3.63, 3.8) is 0 Å². The molecule has 29 heavy (non-hydrogen) atoms. The van der Waals surface area contributed by atoms with E-state index in [-0.39, 0.29) is 19.1 Å². The summed E-state index contributed by atoms with van der Waals surface area (Å²) in [6, 6.07) is 18.8. The molecule has 0 radical (unpaired) electrons. The Morgan fingerprint density at radius 3 is 2.72 bits per heavy atom. The van der Waals surface area contributed by atoms with E-state index in [0.29, 0.717) is 22.5 Å². The number of hydrogen-bond acceptors (Lipinski definition) is 5. The van der Waals surface area contributed by atoms with Gasteiger partial charge in [-0.2, -0.15) is 4.98 Å². The molecule has 0 spiro atoms. The van der Waals surface area contributed by atoms with Crippen molar-refractivity contribution >= 4 is 44.2 Å². The molecule has 0 aliphatic heterocycles. The van der Waals surface area contributed by atoms with Crippen molar-refractivity contribution in [3.05, 3.63) is 76.0 Å². The summed E-state index contributed by atoms with van der Waals surface area (Å²) in [6.07, 6.45) is 0. The lowest BCUT2D eigenvalue weighted by molar-refractivity contribution is -0.123. The van der Waals surface area contributed by atoms with Crippen LogP contribution >= 0.6 is 27.5 Å². The number of carbonyl (C=O) groups excluding carboxylic acids is 1. The van der Waals surface area contributed by atoms with Crippen molar-refractivity contribution < 1.29 is 14.1 Å². The van der Waals surface area contributed by atoms with Crippen LogP contribution in [-0.4, -0.2) is 22.7 Å². The van der Waals surface area contributed by atoms with Crippen LogP contribution in [-0.2, 0) is 11.3 Å². The number of nitrogens with zero attached hydrogens (tertiary/aromatic N) is 2. The second-order valence-electron chi connectivity index (χ2n) is 6.18. The number of fused-ring (bicyclic) bond motifs is 1. The van der Waals surface area contributed by atoms with Crippen LogP contribution in [0.25, 0.3) is 22.2 Å². The Morgan fingerprint density at radius 1 is 1.10 bits per heavy atom. The Balaban J connectivity index is 1.33. The van der Waals surface area contributed by atoms with E-state index >= 15 is 0 Å². The maximum Gasteiger partial charge on any atom is 0.258 e. The van der Waals surface area contributed by atoms with Crippen LogP contribution in [0.3, 0.4) is 0 Å². The van der Waals surface area contributed by atoms with E-state index in [0.717, 1.165) is 20.8 Å². The lowest BCUT2D eigenvalue weighted by atomic mass is 10.1. The SMILES string of the molecule is O=C(COc1ccc2ccccc2c1Br)NCc1nc(-c2ccc(Cl)cc2)no1. The van der Waals surface area contributed by atoms with Gasteiger partial charge in [-0.15, -0.1) is 0 Å². The van der Waals surface area contributed by atoms with Gasteiger partial charge < -0.3 is 14.6 Å². The topological polar surface area (TPSA) is 77.2 Å². The molecule has 6 nitrogen and oxygen atoms in total. The molecule has 0 bridgehead atoms. The fourth-order valence-corrected chi connectivity index (χ4v) is 3.47. The summed E-state index contributed by atoms with van der Waals surface area (Å²) < 4.78 is 11.6. The van der Waals surface area contributed by atoms with Gasteiger partial charge in [0, 0.05) is 10.6 Å². The van der Waals surface area contributed by atoms with Gasteiger partial charge in [0.15, 0.2) is 6.61 Å². The van der Waals surface area contributed by atoms with Crippen LogP contribution in [0.15, 0.2) is 69.7 Å². The molecule has 1 N–H and O–H groups in total. The first-order valence-electron chi connectivity index (χ1n) is 8.75. The third-order valence-electron chi connectivity index (χ3n) is 4.19. The third kappa shape index (κ3) is 4.58. The van der Waals surface area contributed by atoms with E-state index in [1.807, 2.05) is 36.4 Å². The minimum atomic E-state index is -0.295. The number of carbonyl (C=O) groups is 1. The number of hydrogen-bond donors (Lipinski definition) is 1. The van der Waals surface area contributed by atoms with Crippen LogP contribution in [0.1, 0.15) is 5.89 Å². The first-order valence-corrected chi connectivity index (χ1v) is 9.92. The largest absolute Gasteiger partial charge is 0.483 e. The van der Waals surface area contributed by atoms with Crippen molar-refractivity contribution in [1.29, 1.82) is 0 Å². The summed E-state index contributed by atoms with van der Waals surface area (Å²) in [7, 11) is 0. The Labute approximate surface area is 180 Å². The second-order valence-corrected chi connectivity index (χ2v) is 7.41. The van der Waals surface area contributed by atoms with E-state index in [1.54, 1.807) is 24.3 Å². The number of rotatable bonds is 6. The molecular formula is C21H15BrClN3O3. The van der Waals surface area contributed by atoms with Crippen LogP contribution in [0.4, 0.5) is 0 Å². The molecule has 0 atom stereocenters. The predicted octanol–water partition coefficient (Wildman–Crippen LogP) is 5.00. The third-order valence-corrected chi connectivity index (χ3v) is 5.26. The Hall–Kier alpha value is -2.90. The molecule has 0 fully saturated rings. The molecule has 1 heterocycles. The molecule has 8 heteroatoms. The quantitative estimate of drug-likeness (QED) is 0.427. The van der Waals surface area contributed by atoms with Crippen molar-refractivity contribution in [1.82, 2.24) is 15.5 Å². The van der Waals surface area contributed by atoms with Gasteiger partial charge in [0.05, 0.1) is 11.0 Å². The van der Waals surface area contributed by atoms with E-state index in [9.17, 15) is 4.79 Å². The summed E-state index contributed by atoms with van der Waals surface area (Å²) >= 11 is 9.41. The van der Waals surface area contributed by atoms with Gasteiger partial charge >= 0.3 is 0 Å². The first-order chi connectivity index (χ1) is 14.1. The fourth-order valence-electron chi connectivity index (χ4n) is 2.74. The Bertz CT molecular complexity index is 1160. The number of benzene rings is 3. The number of nitrogens with one attached hydrogen (secondary N) is 1. The van der Waals surface area contributed by atoms with E-state index in [1.165, 1.54) is 0 Å². The zero-order valence-corrected chi connectivity index (χ0v) is 17.4. The van der Waals surface area contributed by atoms with Crippen molar-refractivity contribution in [2.45, 2.75) is 6.54 Å². The molecule has 0 saturated carbocycles. The van der Waals surface area contributed by atoms with Crippen molar-refractivity contribution in [2.75, 3.05) is 6.61 Å². The Morgan fingerprint density at radius 2 is 1.90 bits per heavy atom. The van der Waals surface area contributed by atoms with Gasteiger partial charge in [-0.1, -0.05) is 47.1 Å². The van der Waals surface area contributed by atoms with Crippen LogP contribution < -0.4 is 10.1 Å². The highest BCUT2D eigenvalue weighted by molar-refractivity contribution is 9.10. The zero-order valence-electron chi connectivity index (χ0n) is 15.1. The normalized spacial score (nSPS) is 10.8. The van der Waals surface area contributed by atoms with Crippen LogP contribution in [0.5, 0.6) is 5.75 Å². The summed E-state index contributed by atoms with van der Waals surface area (Å²) in [4.78, 5) is 16.4. The average molecular weight is 473 g/mol. The van der Waals surface area contributed by atoms with Gasteiger partial charge in [-0.05, 0) is 57.0 Å². The van der Waals surface area contributed by atoms with Gasteiger partial charge in [0.25, 0.3) is 5.91 Å². The zero-order chi connectivity index (χ0) is 20.2.